The van der Waals surface area contributed by atoms with Gasteiger partial charge < -0.3 is 14.5 Å². The van der Waals surface area contributed by atoms with E-state index in [9.17, 15) is 8.78 Å². The highest BCUT2D eigenvalue weighted by Crippen LogP contribution is 2.30. The molecule has 5 heteroatoms. The summed E-state index contributed by atoms with van der Waals surface area (Å²) in [4.78, 5) is 0. The minimum Gasteiger partial charge on any atom is -0.456 e. The SMILES string of the molecule is COCc1c(CNC2CC2)oc2c(F)c(F)ccc12. The lowest BCUT2D eigenvalue weighted by Gasteiger charge is -2.03. The van der Waals surface area contributed by atoms with Gasteiger partial charge in [0.2, 0.25) is 5.82 Å². The predicted molar refractivity (Wildman–Crippen MR) is 66.7 cm³/mol. The van der Waals surface area contributed by atoms with Gasteiger partial charge in [-0.2, -0.15) is 4.39 Å². The van der Waals surface area contributed by atoms with E-state index >= 15 is 0 Å². The predicted octanol–water partition coefficient (Wildman–Crippen LogP) is 3.11. The molecule has 1 aromatic heterocycles. The number of benzene rings is 1. The Bertz CT molecular complexity index is 605. The van der Waals surface area contributed by atoms with Crippen molar-refractivity contribution >= 4 is 11.0 Å². The number of rotatable bonds is 5. The largest absolute Gasteiger partial charge is 0.456 e. The summed E-state index contributed by atoms with van der Waals surface area (Å²) in [5, 5.41) is 3.88. The molecule has 3 nitrogen and oxygen atoms in total. The molecule has 1 saturated carbocycles. The summed E-state index contributed by atoms with van der Waals surface area (Å²) in [5.74, 6) is -1.22. The number of nitrogens with one attached hydrogen (secondary N) is 1. The highest BCUT2D eigenvalue weighted by Gasteiger charge is 2.23. The van der Waals surface area contributed by atoms with Gasteiger partial charge >= 0.3 is 0 Å². The van der Waals surface area contributed by atoms with Crippen LogP contribution in [0.3, 0.4) is 0 Å². The van der Waals surface area contributed by atoms with Crippen molar-refractivity contribution in [3.8, 4) is 0 Å². The van der Waals surface area contributed by atoms with Gasteiger partial charge in [0.15, 0.2) is 11.4 Å². The molecule has 1 N–H and O–H groups in total. The van der Waals surface area contributed by atoms with Crippen molar-refractivity contribution in [1.29, 1.82) is 0 Å². The topological polar surface area (TPSA) is 34.4 Å². The maximum Gasteiger partial charge on any atom is 0.201 e. The van der Waals surface area contributed by atoms with E-state index < -0.39 is 11.6 Å². The van der Waals surface area contributed by atoms with Crippen molar-refractivity contribution in [2.24, 2.45) is 0 Å². The van der Waals surface area contributed by atoms with Gasteiger partial charge in [0.25, 0.3) is 0 Å². The summed E-state index contributed by atoms with van der Waals surface area (Å²) in [6.07, 6.45) is 2.31. The summed E-state index contributed by atoms with van der Waals surface area (Å²) in [5.41, 5.74) is 0.754. The molecular formula is C14H15F2NO2. The zero-order valence-corrected chi connectivity index (χ0v) is 10.6. The maximum atomic E-state index is 13.7. The molecule has 0 unspecified atom stereocenters. The van der Waals surface area contributed by atoms with Crippen LogP contribution >= 0.6 is 0 Å². The Balaban J connectivity index is 2.02. The molecule has 0 amide bonds. The van der Waals surface area contributed by atoms with Crippen LogP contribution in [0.4, 0.5) is 8.78 Å². The van der Waals surface area contributed by atoms with Crippen molar-refractivity contribution in [2.45, 2.75) is 32.0 Å². The van der Waals surface area contributed by atoms with E-state index in [1.165, 1.54) is 6.07 Å². The maximum absolute atomic E-state index is 13.7. The Kier molecular flexibility index (Phi) is 3.24. The Hall–Kier alpha value is -1.46. The smallest absolute Gasteiger partial charge is 0.201 e. The van der Waals surface area contributed by atoms with Gasteiger partial charge in [-0.25, -0.2) is 4.39 Å². The minimum atomic E-state index is -0.937. The summed E-state index contributed by atoms with van der Waals surface area (Å²) in [6, 6.07) is 3.17. The fourth-order valence-corrected chi connectivity index (χ4v) is 2.17. The van der Waals surface area contributed by atoms with Crippen LogP contribution in [0.2, 0.25) is 0 Å². The number of furan rings is 1. The first kappa shape index (κ1) is 12.6. The number of halogens is 2. The molecule has 0 bridgehead atoms. The summed E-state index contributed by atoms with van der Waals surface area (Å²) < 4.78 is 37.5. The molecular weight excluding hydrogens is 252 g/mol. The molecule has 0 aliphatic heterocycles. The number of methoxy groups -OCH3 is 1. The van der Waals surface area contributed by atoms with E-state index in [0.29, 0.717) is 30.3 Å². The Morgan fingerprint density at radius 2 is 2.16 bits per heavy atom. The van der Waals surface area contributed by atoms with Crippen molar-refractivity contribution in [1.82, 2.24) is 5.32 Å². The average molecular weight is 267 g/mol. The van der Waals surface area contributed by atoms with Gasteiger partial charge in [-0.3, -0.25) is 0 Å². The van der Waals surface area contributed by atoms with Crippen LogP contribution in [-0.4, -0.2) is 13.2 Å². The second-order valence-corrected chi connectivity index (χ2v) is 4.83. The standard InChI is InChI=1S/C14H15F2NO2/c1-18-7-10-9-4-5-11(15)13(16)14(9)19-12(10)6-17-8-2-3-8/h4-5,8,17H,2-3,6-7H2,1H3. The first-order chi connectivity index (χ1) is 9.20. The molecule has 0 saturated heterocycles. The number of hydrogen-bond donors (Lipinski definition) is 1. The van der Waals surface area contributed by atoms with Crippen molar-refractivity contribution in [3.05, 3.63) is 35.1 Å². The van der Waals surface area contributed by atoms with Crippen molar-refractivity contribution in [2.75, 3.05) is 7.11 Å². The van der Waals surface area contributed by atoms with Gasteiger partial charge in [0.1, 0.15) is 5.76 Å². The van der Waals surface area contributed by atoms with Gasteiger partial charge in [-0.15, -0.1) is 0 Å². The van der Waals surface area contributed by atoms with E-state index in [1.807, 2.05) is 0 Å². The molecule has 1 heterocycles. The van der Waals surface area contributed by atoms with Crippen LogP contribution in [0.1, 0.15) is 24.2 Å². The fourth-order valence-electron chi connectivity index (χ4n) is 2.17. The van der Waals surface area contributed by atoms with E-state index in [0.717, 1.165) is 24.5 Å². The molecule has 1 aliphatic carbocycles. The van der Waals surface area contributed by atoms with Crippen LogP contribution in [0.5, 0.6) is 0 Å². The Morgan fingerprint density at radius 1 is 1.37 bits per heavy atom. The van der Waals surface area contributed by atoms with E-state index in [1.54, 1.807) is 7.11 Å². The minimum absolute atomic E-state index is 0.0281. The zero-order chi connectivity index (χ0) is 13.4. The molecule has 102 valence electrons. The Labute approximate surface area is 109 Å². The second kappa shape index (κ2) is 4.90. The quantitative estimate of drug-likeness (QED) is 0.904. The van der Waals surface area contributed by atoms with Gasteiger partial charge in [0, 0.05) is 24.1 Å². The van der Waals surface area contributed by atoms with Crippen LogP contribution in [-0.2, 0) is 17.9 Å². The number of ether oxygens (including phenoxy) is 1. The highest BCUT2D eigenvalue weighted by atomic mass is 19.2. The normalized spacial score (nSPS) is 15.3. The lowest BCUT2D eigenvalue weighted by atomic mass is 10.1. The third kappa shape index (κ3) is 2.35. The molecule has 1 aromatic carbocycles. The molecule has 0 radical (unpaired) electrons. The Morgan fingerprint density at radius 3 is 2.84 bits per heavy atom. The average Bonchev–Trinajstić information content (AvgIpc) is 3.16. The third-order valence-corrected chi connectivity index (χ3v) is 3.35. The van der Waals surface area contributed by atoms with Crippen LogP contribution in [0.25, 0.3) is 11.0 Å². The fraction of sp³-hybridized carbons (Fsp3) is 0.429. The van der Waals surface area contributed by atoms with Crippen molar-refractivity contribution in [3.63, 3.8) is 0 Å². The van der Waals surface area contributed by atoms with Gasteiger partial charge in [-0.05, 0) is 25.0 Å². The molecule has 1 fully saturated rings. The van der Waals surface area contributed by atoms with Crippen molar-refractivity contribution < 1.29 is 17.9 Å². The number of hydrogen-bond acceptors (Lipinski definition) is 3. The zero-order valence-electron chi connectivity index (χ0n) is 10.6. The summed E-state index contributed by atoms with van der Waals surface area (Å²) in [6.45, 7) is 0.832. The summed E-state index contributed by atoms with van der Waals surface area (Å²) >= 11 is 0. The first-order valence-electron chi connectivity index (χ1n) is 6.31. The molecule has 1 aliphatic rings. The summed E-state index contributed by atoms with van der Waals surface area (Å²) in [7, 11) is 1.57. The third-order valence-electron chi connectivity index (χ3n) is 3.35. The molecule has 2 aromatic rings. The molecule has 19 heavy (non-hydrogen) atoms. The number of fused-ring (bicyclic) bond motifs is 1. The van der Waals surface area contributed by atoms with Crippen LogP contribution < -0.4 is 5.32 Å². The van der Waals surface area contributed by atoms with Crippen LogP contribution in [0.15, 0.2) is 16.5 Å². The lowest BCUT2D eigenvalue weighted by Crippen LogP contribution is -2.15. The van der Waals surface area contributed by atoms with E-state index in [2.05, 4.69) is 5.32 Å². The van der Waals surface area contributed by atoms with E-state index in [-0.39, 0.29) is 5.58 Å². The van der Waals surface area contributed by atoms with E-state index in [4.69, 9.17) is 9.15 Å². The highest BCUT2D eigenvalue weighted by molar-refractivity contribution is 5.82. The first-order valence-corrected chi connectivity index (χ1v) is 6.31. The monoisotopic (exact) mass is 267 g/mol. The lowest BCUT2D eigenvalue weighted by molar-refractivity contribution is 0.183. The van der Waals surface area contributed by atoms with Gasteiger partial charge in [0.05, 0.1) is 13.2 Å². The molecule has 0 spiro atoms. The van der Waals surface area contributed by atoms with Gasteiger partial charge in [-0.1, -0.05) is 0 Å². The second-order valence-electron chi connectivity index (χ2n) is 4.83. The molecule has 3 rings (SSSR count). The van der Waals surface area contributed by atoms with Crippen LogP contribution in [0, 0.1) is 11.6 Å². The molecule has 0 atom stereocenters.